The molecule has 0 saturated heterocycles. The van der Waals surface area contributed by atoms with E-state index in [-0.39, 0.29) is 11.9 Å². The summed E-state index contributed by atoms with van der Waals surface area (Å²) in [5.74, 6) is 1.87. The maximum absolute atomic E-state index is 12.6. The van der Waals surface area contributed by atoms with Crippen molar-refractivity contribution in [3.8, 4) is 0 Å². The predicted molar refractivity (Wildman–Crippen MR) is 61.1 cm³/mol. The molecule has 0 spiro atoms. The minimum Gasteiger partial charge on any atom is -0.327 e. The van der Waals surface area contributed by atoms with Crippen LogP contribution in [0.25, 0.3) is 0 Å². The molecule has 0 fully saturated rings. The third-order valence-electron chi connectivity index (χ3n) is 1.95. The normalized spacial score (nSPS) is 12.8. The van der Waals surface area contributed by atoms with Gasteiger partial charge in [0.1, 0.15) is 5.82 Å². The molecular formula is C11H16FNS. The summed E-state index contributed by atoms with van der Waals surface area (Å²) in [6.45, 7) is 2.12. The Morgan fingerprint density at radius 1 is 1.36 bits per heavy atom. The zero-order valence-electron chi connectivity index (χ0n) is 8.37. The van der Waals surface area contributed by atoms with Crippen molar-refractivity contribution in [3.05, 3.63) is 35.6 Å². The van der Waals surface area contributed by atoms with Gasteiger partial charge in [0.15, 0.2) is 0 Å². The van der Waals surface area contributed by atoms with Crippen LogP contribution >= 0.6 is 11.8 Å². The van der Waals surface area contributed by atoms with E-state index in [1.54, 1.807) is 12.1 Å². The van der Waals surface area contributed by atoms with Gasteiger partial charge in [-0.15, -0.1) is 0 Å². The van der Waals surface area contributed by atoms with E-state index in [2.05, 4.69) is 6.92 Å². The van der Waals surface area contributed by atoms with Gasteiger partial charge in [-0.2, -0.15) is 11.8 Å². The number of rotatable bonds is 5. The van der Waals surface area contributed by atoms with Crippen molar-refractivity contribution < 1.29 is 4.39 Å². The van der Waals surface area contributed by atoms with Crippen LogP contribution < -0.4 is 5.73 Å². The molecule has 0 aromatic heterocycles. The van der Waals surface area contributed by atoms with E-state index < -0.39 is 0 Å². The van der Waals surface area contributed by atoms with Crippen molar-refractivity contribution in [3.63, 3.8) is 0 Å². The van der Waals surface area contributed by atoms with E-state index in [9.17, 15) is 4.39 Å². The third-order valence-corrected chi connectivity index (χ3v) is 3.02. The second-order valence-corrected chi connectivity index (χ2v) is 4.57. The number of hydrogen-bond donors (Lipinski definition) is 1. The van der Waals surface area contributed by atoms with Gasteiger partial charge in [0, 0.05) is 11.8 Å². The minimum atomic E-state index is -0.190. The van der Waals surface area contributed by atoms with Crippen LogP contribution in [0.1, 0.15) is 12.5 Å². The van der Waals surface area contributed by atoms with Crippen molar-refractivity contribution in [2.24, 2.45) is 5.73 Å². The first-order valence-corrected chi connectivity index (χ1v) is 5.95. The number of benzene rings is 1. The fourth-order valence-electron chi connectivity index (χ4n) is 1.25. The molecule has 0 amide bonds. The lowest BCUT2D eigenvalue weighted by atomic mass is 10.1. The fraction of sp³-hybridized carbons (Fsp3) is 0.455. The van der Waals surface area contributed by atoms with Crippen LogP contribution in [0.3, 0.4) is 0 Å². The van der Waals surface area contributed by atoms with Crippen molar-refractivity contribution in [1.82, 2.24) is 0 Å². The van der Waals surface area contributed by atoms with Crippen LogP contribution in [0.5, 0.6) is 0 Å². The Labute approximate surface area is 88.9 Å². The molecule has 0 saturated carbocycles. The Bertz CT molecular complexity index is 260. The highest BCUT2D eigenvalue weighted by Crippen LogP contribution is 2.08. The Balaban J connectivity index is 2.39. The fourth-order valence-corrected chi connectivity index (χ4v) is 1.91. The largest absolute Gasteiger partial charge is 0.327 e. The summed E-state index contributed by atoms with van der Waals surface area (Å²) in [7, 11) is 0. The smallest absolute Gasteiger partial charge is 0.123 e. The summed E-state index contributed by atoms with van der Waals surface area (Å²) >= 11 is 1.84. The highest BCUT2D eigenvalue weighted by molar-refractivity contribution is 7.99. The lowest BCUT2D eigenvalue weighted by molar-refractivity contribution is 0.626. The van der Waals surface area contributed by atoms with Gasteiger partial charge in [-0.25, -0.2) is 4.39 Å². The van der Waals surface area contributed by atoms with Crippen LogP contribution in [-0.4, -0.2) is 17.5 Å². The zero-order valence-corrected chi connectivity index (χ0v) is 9.19. The number of nitrogens with two attached hydrogens (primary N) is 1. The summed E-state index contributed by atoms with van der Waals surface area (Å²) in [6, 6.07) is 6.73. The summed E-state index contributed by atoms with van der Waals surface area (Å²) in [4.78, 5) is 0. The molecule has 1 unspecified atom stereocenters. The second kappa shape index (κ2) is 6.04. The zero-order chi connectivity index (χ0) is 10.4. The van der Waals surface area contributed by atoms with Gasteiger partial charge in [0.25, 0.3) is 0 Å². The molecule has 0 radical (unpaired) electrons. The molecule has 0 heterocycles. The first kappa shape index (κ1) is 11.5. The Morgan fingerprint density at radius 2 is 2.00 bits per heavy atom. The lowest BCUT2D eigenvalue weighted by Crippen LogP contribution is -2.25. The molecule has 14 heavy (non-hydrogen) atoms. The first-order chi connectivity index (χ1) is 6.72. The minimum absolute atomic E-state index is 0.172. The van der Waals surface area contributed by atoms with E-state index >= 15 is 0 Å². The van der Waals surface area contributed by atoms with Gasteiger partial charge in [-0.1, -0.05) is 19.1 Å². The maximum atomic E-state index is 12.6. The Morgan fingerprint density at radius 3 is 2.57 bits per heavy atom. The Kier molecular flexibility index (Phi) is 4.98. The van der Waals surface area contributed by atoms with E-state index in [0.29, 0.717) is 0 Å². The van der Waals surface area contributed by atoms with Crippen LogP contribution in [-0.2, 0) is 6.42 Å². The van der Waals surface area contributed by atoms with Crippen molar-refractivity contribution in [2.45, 2.75) is 19.4 Å². The van der Waals surface area contributed by atoms with Gasteiger partial charge in [-0.05, 0) is 29.9 Å². The third kappa shape index (κ3) is 4.11. The highest BCUT2D eigenvalue weighted by atomic mass is 32.2. The summed E-state index contributed by atoms with van der Waals surface area (Å²) in [5.41, 5.74) is 7.02. The Hall–Kier alpha value is -0.540. The molecular weight excluding hydrogens is 197 g/mol. The molecule has 1 atom stereocenters. The molecule has 2 N–H and O–H groups in total. The summed E-state index contributed by atoms with van der Waals surface area (Å²) < 4.78 is 12.6. The van der Waals surface area contributed by atoms with Gasteiger partial charge in [0.2, 0.25) is 0 Å². The van der Waals surface area contributed by atoms with E-state index in [1.807, 2.05) is 11.8 Å². The molecule has 0 aliphatic rings. The van der Waals surface area contributed by atoms with Gasteiger partial charge in [0.05, 0.1) is 0 Å². The molecule has 0 bridgehead atoms. The van der Waals surface area contributed by atoms with Gasteiger partial charge >= 0.3 is 0 Å². The van der Waals surface area contributed by atoms with Gasteiger partial charge in [-0.3, -0.25) is 0 Å². The van der Waals surface area contributed by atoms with Crippen LogP contribution in [0, 0.1) is 5.82 Å². The monoisotopic (exact) mass is 213 g/mol. The first-order valence-electron chi connectivity index (χ1n) is 4.80. The molecule has 1 rings (SSSR count). The molecule has 0 aliphatic carbocycles. The quantitative estimate of drug-likeness (QED) is 0.813. The van der Waals surface area contributed by atoms with E-state index in [0.717, 1.165) is 23.5 Å². The van der Waals surface area contributed by atoms with Crippen LogP contribution in [0.4, 0.5) is 4.39 Å². The van der Waals surface area contributed by atoms with Crippen LogP contribution in [0.2, 0.25) is 0 Å². The molecule has 1 aromatic carbocycles. The van der Waals surface area contributed by atoms with E-state index in [4.69, 9.17) is 5.73 Å². The maximum Gasteiger partial charge on any atom is 0.123 e. The number of hydrogen-bond acceptors (Lipinski definition) is 2. The van der Waals surface area contributed by atoms with Crippen molar-refractivity contribution in [2.75, 3.05) is 11.5 Å². The summed E-state index contributed by atoms with van der Waals surface area (Å²) in [5, 5.41) is 0. The van der Waals surface area contributed by atoms with Crippen molar-refractivity contribution in [1.29, 1.82) is 0 Å². The van der Waals surface area contributed by atoms with Crippen molar-refractivity contribution >= 4 is 11.8 Å². The molecule has 0 aliphatic heterocycles. The standard InChI is InChI=1S/C11H16FNS/c1-2-14-8-11(13)7-9-3-5-10(12)6-4-9/h3-6,11H,2,7-8,13H2,1H3. The van der Waals surface area contributed by atoms with Crippen LogP contribution in [0.15, 0.2) is 24.3 Å². The molecule has 78 valence electrons. The molecule has 1 nitrogen and oxygen atoms in total. The number of thioether (sulfide) groups is 1. The summed E-state index contributed by atoms with van der Waals surface area (Å²) in [6.07, 6.45) is 0.827. The average Bonchev–Trinajstić information content (AvgIpc) is 2.18. The highest BCUT2D eigenvalue weighted by Gasteiger charge is 2.03. The SMILES string of the molecule is CCSCC(N)Cc1ccc(F)cc1. The number of halogens is 1. The average molecular weight is 213 g/mol. The predicted octanol–water partition coefficient (Wildman–Crippen LogP) is 2.45. The molecule has 1 aromatic rings. The topological polar surface area (TPSA) is 26.0 Å². The second-order valence-electron chi connectivity index (χ2n) is 3.25. The lowest BCUT2D eigenvalue weighted by Gasteiger charge is -2.10. The van der Waals surface area contributed by atoms with Gasteiger partial charge < -0.3 is 5.73 Å². The van der Waals surface area contributed by atoms with E-state index in [1.165, 1.54) is 12.1 Å². The molecule has 3 heteroatoms.